The highest BCUT2D eigenvalue weighted by Crippen LogP contribution is 2.37. The van der Waals surface area contributed by atoms with Crippen LogP contribution in [0.3, 0.4) is 0 Å². The Hall–Kier alpha value is -2.78. The fourth-order valence-electron chi connectivity index (χ4n) is 3.37. The van der Waals surface area contributed by atoms with Gasteiger partial charge in [-0.25, -0.2) is 0 Å². The zero-order valence-corrected chi connectivity index (χ0v) is 16.5. The van der Waals surface area contributed by atoms with Gasteiger partial charge in [-0.3, -0.25) is 9.69 Å². The number of alkyl halides is 3. The first-order valence-electron chi connectivity index (χ1n) is 9.57. The van der Waals surface area contributed by atoms with E-state index in [9.17, 15) is 18.0 Å². The SMILES string of the molecule is CC(C)N1CCN(C(=O)C#Cc2ccc(-c3ccccc3)c(C(F)(F)F)c2)CC1. The first kappa shape index (κ1) is 20.9. The Balaban J connectivity index is 1.80. The molecule has 0 bridgehead atoms. The summed E-state index contributed by atoms with van der Waals surface area (Å²) in [6.45, 7) is 6.91. The number of amides is 1. The lowest BCUT2D eigenvalue weighted by atomic mass is 9.97. The van der Waals surface area contributed by atoms with E-state index >= 15 is 0 Å². The lowest BCUT2D eigenvalue weighted by molar-refractivity contribution is -0.137. The van der Waals surface area contributed by atoms with Crippen molar-refractivity contribution in [3.8, 4) is 23.0 Å². The van der Waals surface area contributed by atoms with Gasteiger partial charge in [0.15, 0.2) is 0 Å². The van der Waals surface area contributed by atoms with Crippen molar-refractivity contribution >= 4 is 5.91 Å². The van der Waals surface area contributed by atoms with Crippen molar-refractivity contribution in [1.82, 2.24) is 9.80 Å². The summed E-state index contributed by atoms with van der Waals surface area (Å²) in [4.78, 5) is 16.3. The standard InChI is InChI=1S/C23H23F3N2O/c1-17(2)27-12-14-28(15-13-27)22(29)11-9-18-8-10-20(19-6-4-3-5-7-19)21(16-18)23(24,25)26/h3-8,10,16-17H,12-15H2,1-2H3. The van der Waals surface area contributed by atoms with Gasteiger partial charge in [0.1, 0.15) is 0 Å². The maximum atomic E-state index is 13.6. The van der Waals surface area contributed by atoms with Crippen LogP contribution in [0.1, 0.15) is 25.0 Å². The first-order chi connectivity index (χ1) is 13.8. The molecule has 0 radical (unpaired) electrons. The second-order valence-electron chi connectivity index (χ2n) is 7.30. The number of benzene rings is 2. The Morgan fingerprint density at radius 1 is 1.00 bits per heavy atom. The van der Waals surface area contributed by atoms with Crippen molar-refractivity contribution in [2.45, 2.75) is 26.1 Å². The number of halogens is 3. The minimum atomic E-state index is -4.51. The Kier molecular flexibility index (Phi) is 6.29. The van der Waals surface area contributed by atoms with Crippen LogP contribution in [0.4, 0.5) is 13.2 Å². The van der Waals surface area contributed by atoms with Crippen molar-refractivity contribution in [2.75, 3.05) is 26.2 Å². The molecule has 1 aliphatic rings. The van der Waals surface area contributed by atoms with E-state index in [4.69, 9.17) is 0 Å². The molecule has 0 N–H and O–H groups in total. The van der Waals surface area contributed by atoms with Crippen LogP contribution in [-0.2, 0) is 11.0 Å². The molecule has 0 unspecified atom stereocenters. The minimum Gasteiger partial charge on any atom is -0.329 e. The van der Waals surface area contributed by atoms with Gasteiger partial charge in [-0.05, 0) is 37.1 Å². The van der Waals surface area contributed by atoms with E-state index in [-0.39, 0.29) is 17.0 Å². The second-order valence-corrected chi connectivity index (χ2v) is 7.30. The molecule has 0 saturated carbocycles. The number of rotatable bonds is 2. The first-order valence-corrected chi connectivity index (χ1v) is 9.57. The van der Waals surface area contributed by atoms with Crippen LogP contribution >= 0.6 is 0 Å². The molecular weight excluding hydrogens is 377 g/mol. The van der Waals surface area contributed by atoms with Crippen LogP contribution in [0.25, 0.3) is 11.1 Å². The van der Waals surface area contributed by atoms with E-state index in [0.29, 0.717) is 24.7 Å². The van der Waals surface area contributed by atoms with Gasteiger partial charge >= 0.3 is 6.18 Å². The van der Waals surface area contributed by atoms with Crippen LogP contribution in [0, 0.1) is 11.8 Å². The van der Waals surface area contributed by atoms with Gasteiger partial charge in [0.05, 0.1) is 5.56 Å². The average Bonchev–Trinajstić information content (AvgIpc) is 2.72. The third kappa shape index (κ3) is 5.18. The predicted molar refractivity (Wildman–Crippen MR) is 107 cm³/mol. The van der Waals surface area contributed by atoms with Crippen LogP contribution in [0.5, 0.6) is 0 Å². The van der Waals surface area contributed by atoms with Crippen LogP contribution in [-0.4, -0.2) is 47.9 Å². The van der Waals surface area contributed by atoms with Crippen molar-refractivity contribution in [2.24, 2.45) is 0 Å². The van der Waals surface area contributed by atoms with Gasteiger partial charge in [-0.2, -0.15) is 13.2 Å². The van der Waals surface area contributed by atoms with Crippen LogP contribution < -0.4 is 0 Å². The van der Waals surface area contributed by atoms with Crippen molar-refractivity contribution in [3.05, 3.63) is 59.7 Å². The van der Waals surface area contributed by atoms with Gasteiger partial charge < -0.3 is 4.90 Å². The molecule has 1 saturated heterocycles. The zero-order chi connectivity index (χ0) is 21.0. The number of carbonyl (C=O) groups is 1. The van der Waals surface area contributed by atoms with Crippen molar-refractivity contribution in [3.63, 3.8) is 0 Å². The molecule has 29 heavy (non-hydrogen) atoms. The fraction of sp³-hybridized carbons (Fsp3) is 0.348. The molecule has 152 valence electrons. The normalized spacial score (nSPS) is 15.2. The number of nitrogens with zero attached hydrogens (tertiary/aromatic N) is 2. The highest BCUT2D eigenvalue weighted by molar-refractivity contribution is 5.94. The second kappa shape index (κ2) is 8.71. The molecule has 2 aromatic carbocycles. The highest BCUT2D eigenvalue weighted by atomic mass is 19.4. The van der Waals surface area contributed by atoms with Gasteiger partial charge in [-0.1, -0.05) is 42.3 Å². The third-order valence-corrected chi connectivity index (χ3v) is 5.06. The summed E-state index contributed by atoms with van der Waals surface area (Å²) in [7, 11) is 0. The average molecular weight is 400 g/mol. The van der Waals surface area contributed by atoms with Crippen molar-refractivity contribution < 1.29 is 18.0 Å². The van der Waals surface area contributed by atoms with E-state index in [1.165, 1.54) is 12.1 Å². The zero-order valence-electron chi connectivity index (χ0n) is 16.5. The molecule has 0 spiro atoms. The molecule has 1 amide bonds. The number of piperazine rings is 1. The fourth-order valence-corrected chi connectivity index (χ4v) is 3.37. The summed E-state index contributed by atoms with van der Waals surface area (Å²) in [5.74, 6) is 4.76. The van der Waals surface area contributed by atoms with Gasteiger partial charge in [0.25, 0.3) is 5.91 Å². The lowest BCUT2D eigenvalue weighted by Crippen LogP contribution is -2.50. The summed E-state index contributed by atoms with van der Waals surface area (Å²) in [5, 5.41) is 0. The van der Waals surface area contributed by atoms with Gasteiger partial charge in [0, 0.05) is 43.7 Å². The summed E-state index contributed by atoms with van der Waals surface area (Å²) >= 11 is 0. The van der Waals surface area contributed by atoms with E-state index in [1.54, 1.807) is 35.2 Å². The van der Waals surface area contributed by atoms with E-state index < -0.39 is 11.7 Å². The van der Waals surface area contributed by atoms with Crippen LogP contribution in [0.2, 0.25) is 0 Å². The lowest BCUT2D eigenvalue weighted by Gasteiger charge is -2.36. The van der Waals surface area contributed by atoms with Gasteiger partial charge in [0.2, 0.25) is 0 Å². The molecule has 3 nitrogen and oxygen atoms in total. The monoisotopic (exact) mass is 400 g/mol. The van der Waals surface area contributed by atoms with E-state index in [1.807, 2.05) is 0 Å². The topological polar surface area (TPSA) is 23.6 Å². The highest BCUT2D eigenvalue weighted by Gasteiger charge is 2.34. The maximum absolute atomic E-state index is 13.6. The quantitative estimate of drug-likeness (QED) is 0.703. The summed E-state index contributed by atoms with van der Waals surface area (Å²) in [6.07, 6.45) is -4.51. The summed E-state index contributed by atoms with van der Waals surface area (Å²) in [6, 6.07) is 12.8. The molecule has 0 aliphatic carbocycles. The number of hydrogen-bond donors (Lipinski definition) is 0. The van der Waals surface area contributed by atoms with E-state index in [0.717, 1.165) is 19.2 Å². The number of hydrogen-bond acceptors (Lipinski definition) is 2. The third-order valence-electron chi connectivity index (χ3n) is 5.06. The largest absolute Gasteiger partial charge is 0.417 e. The van der Waals surface area contributed by atoms with Crippen LogP contribution in [0.15, 0.2) is 48.5 Å². The van der Waals surface area contributed by atoms with Crippen molar-refractivity contribution in [1.29, 1.82) is 0 Å². The van der Waals surface area contributed by atoms with E-state index in [2.05, 4.69) is 30.6 Å². The minimum absolute atomic E-state index is 0.0970. The Bertz CT molecular complexity index is 919. The smallest absolute Gasteiger partial charge is 0.329 e. The molecular formula is C23H23F3N2O. The molecule has 0 aromatic heterocycles. The molecule has 1 aliphatic heterocycles. The maximum Gasteiger partial charge on any atom is 0.417 e. The molecule has 6 heteroatoms. The molecule has 1 fully saturated rings. The summed E-state index contributed by atoms with van der Waals surface area (Å²) < 4.78 is 40.7. The molecule has 2 aromatic rings. The summed E-state index contributed by atoms with van der Waals surface area (Å²) in [5.41, 5.74) is -0.00196. The molecule has 0 atom stereocenters. The Labute approximate surface area is 169 Å². The van der Waals surface area contributed by atoms with Gasteiger partial charge in [-0.15, -0.1) is 0 Å². The molecule has 1 heterocycles. The predicted octanol–water partition coefficient (Wildman–Crippen LogP) is 4.28. The molecule has 3 rings (SSSR count). The Morgan fingerprint density at radius 2 is 1.66 bits per heavy atom. The Morgan fingerprint density at radius 3 is 2.24 bits per heavy atom. The number of carbonyl (C=O) groups excluding carboxylic acids is 1.